The highest BCUT2D eigenvalue weighted by molar-refractivity contribution is 5.26. The summed E-state index contributed by atoms with van der Waals surface area (Å²) in [5.74, 6) is -0.181. The number of benzene rings is 1. The Kier molecular flexibility index (Phi) is 2.35. The molecule has 1 aromatic carbocycles. The molecule has 2 rings (SSSR count). The van der Waals surface area contributed by atoms with Crippen LogP contribution in [0.1, 0.15) is 16.8 Å². The Balaban J connectivity index is 2.15. The summed E-state index contributed by atoms with van der Waals surface area (Å²) >= 11 is 0. The second-order valence-electron chi connectivity index (χ2n) is 3.49. The predicted octanol–water partition coefficient (Wildman–Crippen LogP) is 3.05. The molecule has 0 radical (unpaired) electrons. The molecule has 1 heterocycles. The molecule has 0 unspecified atom stereocenters. The third kappa shape index (κ3) is 2.02. The van der Waals surface area contributed by atoms with Crippen molar-refractivity contribution in [2.24, 2.45) is 0 Å². The van der Waals surface area contributed by atoms with Crippen molar-refractivity contribution >= 4 is 0 Å². The smallest absolute Gasteiger partial charge is 0.123 e. The number of aromatic amines is 1. The van der Waals surface area contributed by atoms with Crippen molar-refractivity contribution in [2.75, 3.05) is 0 Å². The van der Waals surface area contributed by atoms with Gasteiger partial charge in [0.05, 0.1) is 0 Å². The Hall–Kier alpha value is -1.57. The van der Waals surface area contributed by atoms with E-state index in [4.69, 9.17) is 0 Å². The molecular formula is C12H12FN. The van der Waals surface area contributed by atoms with Crippen molar-refractivity contribution in [1.29, 1.82) is 0 Å². The first kappa shape index (κ1) is 9.00. The first-order valence-corrected chi connectivity index (χ1v) is 4.62. The lowest BCUT2D eigenvalue weighted by Crippen LogP contribution is -1.85. The summed E-state index contributed by atoms with van der Waals surface area (Å²) < 4.78 is 12.6. The van der Waals surface area contributed by atoms with Gasteiger partial charge in [0, 0.05) is 11.9 Å². The molecule has 72 valence electrons. The van der Waals surface area contributed by atoms with Gasteiger partial charge in [-0.1, -0.05) is 12.1 Å². The van der Waals surface area contributed by atoms with Crippen molar-refractivity contribution < 1.29 is 4.39 Å². The van der Waals surface area contributed by atoms with Crippen LogP contribution in [0.4, 0.5) is 4.39 Å². The van der Waals surface area contributed by atoms with Crippen LogP contribution in [0.5, 0.6) is 0 Å². The Labute approximate surface area is 82.6 Å². The van der Waals surface area contributed by atoms with E-state index in [1.807, 2.05) is 25.3 Å². The van der Waals surface area contributed by atoms with Crippen molar-refractivity contribution in [3.05, 3.63) is 59.2 Å². The van der Waals surface area contributed by atoms with Gasteiger partial charge in [0.25, 0.3) is 0 Å². The summed E-state index contributed by atoms with van der Waals surface area (Å²) in [5, 5.41) is 0. The maximum atomic E-state index is 12.6. The molecule has 0 saturated heterocycles. The van der Waals surface area contributed by atoms with E-state index < -0.39 is 0 Å². The van der Waals surface area contributed by atoms with Crippen LogP contribution in [-0.4, -0.2) is 4.98 Å². The number of H-pyrrole nitrogens is 1. The summed E-state index contributed by atoms with van der Waals surface area (Å²) in [4.78, 5) is 3.13. The normalized spacial score (nSPS) is 10.4. The average Bonchev–Trinajstić information content (AvgIpc) is 2.56. The number of rotatable bonds is 2. The van der Waals surface area contributed by atoms with Gasteiger partial charge in [-0.3, -0.25) is 0 Å². The standard InChI is InChI=1S/C12H12FN/c1-9-6-11(8-14-9)7-10-2-4-12(13)5-3-10/h2-6,8,14H,7H2,1H3. The Morgan fingerprint density at radius 3 is 2.43 bits per heavy atom. The van der Waals surface area contributed by atoms with Gasteiger partial charge in [-0.25, -0.2) is 4.39 Å². The van der Waals surface area contributed by atoms with Crippen molar-refractivity contribution in [2.45, 2.75) is 13.3 Å². The number of halogens is 1. The fourth-order valence-corrected chi connectivity index (χ4v) is 1.51. The summed E-state index contributed by atoms with van der Waals surface area (Å²) in [6, 6.07) is 8.72. The van der Waals surface area contributed by atoms with Crippen LogP contribution in [0, 0.1) is 12.7 Å². The van der Waals surface area contributed by atoms with Gasteiger partial charge >= 0.3 is 0 Å². The van der Waals surface area contributed by atoms with Crippen molar-refractivity contribution in [3.63, 3.8) is 0 Å². The van der Waals surface area contributed by atoms with E-state index in [1.165, 1.54) is 17.7 Å². The van der Waals surface area contributed by atoms with Gasteiger partial charge in [0.15, 0.2) is 0 Å². The Morgan fingerprint density at radius 1 is 1.14 bits per heavy atom. The molecule has 1 N–H and O–H groups in total. The number of nitrogens with one attached hydrogen (secondary N) is 1. The minimum atomic E-state index is -0.181. The molecule has 0 atom stereocenters. The first-order valence-electron chi connectivity index (χ1n) is 4.62. The average molecular weight is 189 g/mol. The fourth-order valence-electron chi connectivity index (χ4n) is 1.51. The van der Waals surface area contributed by atoms with E-state index in [-0.39, 0.29) is 5.82 Å². The van der Waals surface area contributed by atoms with Crippen LogP contribution in [0.15, 0.2) is 36.5 Å². The zero-order chi connectivity index (χ0) is 9.97. The van der Waals surface area contributed by atoms with Gasteiger partial charge in [0.1, 0.15) is 5.82 Å². The highest BCUT2D eigenvalue weighted by atomic mass is 19.1. The van der Waals surface area contributed by atoms with Crippen LogP contribution >= 0.6 is 0 Å². The molecule has 0 bridgehead atoms. The van der Waals surface area contributed by atoms with Gasteiger partial charge in [-0.2, -0.15) is 0 Å². The lowest BCUT2D eigenvalue weighted by Gasteiger charge is -1.97. The molecular weight excluding hydrogens is 177 g/mol. The van der Waals surface area contributed by atoms with E-state index >= 15 is 0 Å². The Bertz CT molecular complexity index is 414. The zero-order valence-electron chi connectivity index (χ0n) is 8.05. The lowest BCUT2D eigenvalue weighted by atomic mass is 10.1. The molecule has 14 heavy (non-hydrogen) atoms. The van der Waals surface area contributed by atoms with Crippen LogP contribution in [0.25, 0.3) is 0 Å². The molecule has 2 heteroatoms. The molecule has 0 spiro atoms. The van der Waals surface area contributed by atoms with Crippen LogP contribution in [0.2, 0.25) is 0 Å². The van der Waals surface area contributed by atoms with Crippen LogP contribution in [0.3, 0.4) is 0 Å². The third-order valence-corrected chi connectivity index (χ3v) is 2.21. The minimum absolute atomic E-state index is 0.181. The highest BCUT2D eigenvalue weighted by Gasteiger charge is 1.98. The molecule has 1 nitrogen and oxygen atoms in total. The van der Waals surface area contributed by atoms with Gasteiger partial charge in [-0.05, 0) is 42.7 Å². The summed E-state index contributed by atoms with van der Waals surface area (Å²) in [6.45, 7) is 2.02. The van der Waals surface area contributed by atoms with Crippen molar-refractivity contribution in [3.8, 4) is 0 Å². The minimum Gasteiger partial charge on any atom is -0.365 e. The molecule has 0 aliphatic rings. The first-order chi connectivity index (χ1) is 6.74. The van der Waals surface area contributed by atoms with Gasteiger partial charge < -0.3 is 4.98 Å². The van der Waals surface area contributed by atoms with Crippen LogP contribution in [-0.2, 0) is 6.42 Å². The zero-order valence-corrected chi connectivity index (χ0v) is 8.05. The van der Waals surface area contributed by atoms with E-state index in [0.717, 1.165) is 17.7 Å². The second kappa shape index (κ2) is 3.66. The van der Waals surface area contributed by atoms with E-state index in [9.17, 15) is 4.39 Å². The van der Waals surface area contributed by atoms with Crippen molar-refractivity contribution in [1.82, 2.24) is 4.98 Å². The molecule has 0 aliphatic carbocycles. The van der Waals surface area contributed by atoms with E-state index in [1.54, 1.807) is 0 Å². The van der Waals surface area contributed by atoms with Gasteiger partial charge in [0.2, 0.25) is 0 Å². The Morgan fingerprint density at radius 2 is 1.86 bits per heavy atom. The van der Waals surface area contributed by atoms with E-state index in [2.05, 4.69) is 11.1 Å². The van der Waals surface area contributed by atoms with E-state index in [0.29, 0.717) is 0 Å². The highest BCUT2D eigenvalue weighted by Crippen LogP contribution is 2.11. The molecule has 0 fully saturated rings. The molecule has 1 aromatic heterocycles. The summed E-state index contributed by atoms with van der Waals surface area (Å²) in [5.41, 5.74) is 3.52. The number of hydrogen-bond acceptors (Lipinski definition) is 0. The maximum absolute atomic E-state index is 12.6. The number of aromatic nitrogens is 1. The topological polar surface area (TPSA) is 15.8 Å². The van der Waals surface area contributed by atoms with Gasteiger partial charge in [-0.15, -0.1) is 0 Å². The molecule has 0 aliphatic heterocycles. The number of hydrogen-bond donors (Lipinski definition) is 1. The second-order valence-corrected chi connectivity index (χ2v) is 3.49. The maximum Gasteiger partial charge on any atom is 0.123 e. The fraction of sp³-hybridized carbons (Fsp3) is 0.167. The van der Waals surface area contributed by atoms with Crippen LogP contribution < -0.4 is 0 Å². The monoisotopic (exact) mass is 189 g/mol. The predicted molar refractivity (Wildman–Crippen MR) is 54.7 cm³/mol. The molecule has 0 amide bonds. The third-order valence-electron chi connectivity index (χ3n) is 2.21. The summed E-state index contributed by atoms with van der Waals surface area (Å²) in [6.07, 6.45) is 2.84. The largest absolute Gasteiger partial charge is 0.365 e. The molecule has 2 aromatic rings. The SMILES string of the molecule is Cc1cc(Cc2ccc(F)cc2)c[nH]1. The lowest BCUT2D eigenvalue weighted by molar-refractivity contribution is 0.627. The quantitative estimate of drug-likeness (QED) is 0.747. The summed E-state index contributed by atoms with van der Waals surface area (Å²) in [7, 11) is 0. The molecule has 0 saturated carbocycles. The number of aryl methyl sites for hydroxylation is 1.